The maximum Gasteiger partial charge on any atom is 0.268 e. The molecule has 0 aliphatic rings. The van der Waals surface area contributed by atoms with Gasteiger partial charge < -0.3 is 4.57 Å². The molecule has 5 aromatic carbocycles. The molecule has 7 aromatic rings. The highest BCUT2D eigenvalue weighted by Gasteiger charge is 2.25. The van der Waals surface area contributed by atoms with E-state index in [2.05, 4.69) is 94.6 Å². The van der Waals surface area contributed by atoms with Gasteiger partial charge in [0, 0.05) is 27.2 Å². The van der Waals surface area contributed by atoms with Crippen LogP contribution in [0, 0.1) is 6.92 Å². The second-order valence-electron chi connectivity index (χ2n) is 14.1. The Morgan fingerprint density at radius 2 is 1.07 bits per heavy atom. The zero-order valence-corrected chi connectivity index (χ0v) is 27.3. The lowest BCUT2D eigenvalue weighted by molar-refractivity contribution is 0.590. The van der Waals surface area contributed by atoms with Crippen LogP contribution in [0.4, 0.5) is 0 Å². The molecule has 0 spiro atoms. The number of para-hydroxylation sites is 1. The van der Waals surface area contributed by atoms with Gasteiger partial charge in [-0.15, -0.1) is 0 Å². The SMILES string of the molecule is Cc1ccc(S(=O)(=O)n2c3ccccc3c3ccc(-n4c5ccc(C(C)(C)C)cc5c5cc(C(C)(C)C)ccc54)cc32)cc1. The van der Waals surface area contributed by atoms with Gasteiger partial charge in [-0.05, 0) is 83.5 Å². The molecular formula is C39H38N2O2S. The van der Waals surface area contributed by atoms with Crippen molar-refractivity contribution in [3.63, 3.8) is 0 Å². The zero-order valence-electron chi connectivity index (χ0n) is 26.4. The Kier molecular flexibility index (Phi) is 6.18. The van der Waals surface area contributed by atoms with Crippen LogP contribution in [0.3, 0.4) is 0 Å². The quantitative estimate of drug-likeness (QED) is 0.203. The molecule has 7 rings (SSSR count). The van der Waals surface area contributed by atoms with Crippen LogP contribution < -0.4 is 0 Å². The van der Waals surface area contributed by atoms with E-state index in [0.29, 0.717) is 11.0 Å². The zero-order chi connectivity index (χ0) is 31.2. The average molecular weight is 599 g/mol. The normalized spacial score (nSPS) is 13.1. The molecule has 5 heteroatoms. The number of nitrogens with zero attached hydrogens (tertiary/aromatic N) is 2. The minimum Gasteiger partial charge on any atom is -0.309 e. The Hall–Kier alpha value is -4.35. The summed E-state index contributed by atoms with van der Waals surface area (Å²) in [7, 11) is -3.87. The summed E-state index contributed by atoms with van der Waals surface area (Å²) in [5.74, 6) is 0. The first-order valence-corrected chi connectivity index (χ1v) is 16.6. The van der Waals surface area contributed by atoms with Gasteiger partial charge in [-0.3, -0.25) is 0 Å². The highest BCUT2D eigenvalue weighted by molar-refractivity contribution is 7.90. The van der Waals surface area contributed by atoms with Crippen molar-refractivity contribution in [3.05, 3.63) is 120 Å². The predicted octanol–water partition coefficient (Wildman–Crippen LogP) is 10.0. The van der Waals surface area contributed by atoms with Gasteiger partial charge >= 0.3 is 0 Å². The fourth-order valence-electron chi connectivity index (χ4n) is 6.37. The third kappa shape index (κ3) is 4.36. The van der Waals surface area contributed by atoms with E-state index in [-0.39, 0.29) is 15.7 Å². The summed E-state index contributed by atoms with van der Waals surface area (Å²) in [6.45, 7) is 15.4. The number of fused-ring (bicyclic) bond motifs is 6. The second kappa shape index (κ2) is 9.57. The monoisotopic (exact) mass is 598 g/mol. The molecule has 222 valence electrons. The van der Waals surface area contributed by atoms with Crippen LogP contribution in [0.5, 0.6) is 0 Å². The van der Waals surface area contributed by atoms with Crippen LogP contribution in [0.15, 0.2) is 108 Å². The third-order valence-corrected chi connectivity index (χ3v) is 10.7. The summed E-state index contributed by atoms with van der Waals surface area (Å²) in [6.07, 6.45) is 0. The Morgan fingerprint density at radius 1 is 0.523 bits per heavy atom. The summed E-state index contributed by atoms with van der Waals surface area (Å²) in [5, 5.41) is 4.22. The smallest absolute Gasteiger partial charge is 0.268 e. The van der Waals surface area contributed by atoms with Crippen molar-refractivity contribution in [2.24, 2.45) is 0 Å². The summed E-state index contributed by atoms with van der Waals surface area (Å²) >= 11 is 0. The van der Waals surface area contributed by atoms with E-state index in [1.165, 1.54) is 25.9 Å². The largest absolute Gasteiger partial charge is 0.309 e. The molecule has 0 aliphatic heterocycles. The van der Waals surface area contributed by atoms with E-state index in [9.17, 15) is 8.42 Å². The molecule has 0 aliphatic carbocycles. The lowest BCUT2D eigenvalue weighted by Crippen LogP contribution is -2.13. The molecule has 0 radical (unpaired) electrons. The van der Waals surface area contributed by atoms with Gasteiger partial charge in [-0.2, -0.15) is 0 Å². The van der Waals surface area contributed by atoms with Gasteiger partial charge in [0.2, 0.25) is 0 Å². The molecule has 44 heavy (non-hydrogen) atoms. The van der Waals surface area contributed by atoms with E-state index in [4.69, 9.17) is 0 Å². The Labute approximate surface area is 259 Å². The molecule has 0 saturated heterocycles. The van der Waals surface area contributed by atoms with Crippen molar-refractivity contribution in [2.75, 3.05) is 0 Å². The van der Waals surface area contributed by atoms with E-state index in [1.807, 2.05) is 49.4 Å². The van der Waals surface area contributed by atoms with E-state index in [1.54, 1.807) is 12.1 Å². The molecule has 2 aromatic heterocycles. The van der Waals surface area contributed by atoms with Crippen LogP contribution in [0.1, 0.15) is 58.2 Å². The van der Waals surface area contributed by atoms with Crippen molar-refractivity contribution < 1.29 is 8.42 Å². The van der Waals surface area contributed by atoms with Gasteiger partial charge in [0.25, 0.3) is 10.0 Å². The van der Waals surface area contributed by atoms with Crippen LogP contribution in [-0.4, -0.2) is 17.0 Å². The van der Waals surface area contributed by atoms with Crippen molar-refractivity contribution in [2.45, 2.75) is 64.2 Å². The highest BCUT2D eigenvalue weighted by atomic mass is 32.2. The van der Waals surface area contributed by atoms with Crippen LogP contribution in [0.25, 0.3) is 49.3 Å². The topological polar surface area (TPSA) is 44.0 Å². The first kappa shape index (κ1) is 28.4. The number of hydrogen-bond acceptors (Lipinski definition) is 2. The minimum atomic E-state index is -3.87. The Morgan fingerprint density at radius 3 is 1.64 bits per heavy atom. The highest BCUT2D eigenvalue weighted by Crippen LogP contribution is 2.39. The van der Waals surface area contributed by atoms with E-state index < -0.39 is 10.0 Å². The van der Waals surface area contributed by atoms with E-state index >= 15 is 0 Å². The van der Waals surface area contributed by atoms with Gasteiger partial charge in [-0.25, -0.2) is 12.4 Å². The lowest BCUT2D eigenvalue weighted by atomic mass is 9.85. The second-order valence-corrected chi connectivity index (χ2v) is 15.9. The fraction of sp³-hybridized carbons (Fsp3) is 0.231. The Balaban J connectivity index is 1.56. The van der Waals surface area contributed by atoms with Gasteiger partial charge in [-0.1, -0.05) is 95.6 Å². The van der Waals surface area contributed by atoms with Gasteiger partial charge in [0.1, 0.15) is 0 Å². The molecule has 0 saturated carbocycles. The Bertz CT molecular complexity index is 2290. The van der Waals surface area contributed by atoms with Crippen molar-refractivity contribution >= 4 is 53.6 Å². The average Bonchev–Trinajstić information content (AvgIpc) is 3.48. The standard InChI is InChI=1S/C39H38N2O2S/c1-25-12-17-29(18-13-25)44(42,43)41-36-11-9-8-10-30(36)31-19-16-28(24-37(31)41)40-34-20-14-26(38(2,3)4)22-32(34)33-23-27(39(5,6)7)15-21-35(33)40/h8-24H,1-7H3. The molecule has 0 fully saturated rings. The predicted molar refractivity (Wildman–Crippen MR) is 185 cm³/mol. The minimum absolute atomic E-state index is 0.00837. The third-order valence-electron chi connectivity index (χ3n) is 8.93. The summed E-state index contributed by atoms with van der Waals surface area (Å²) in [5.41, 5.74) is 8.06. The fourth-order valence-corrected chi connectivity index (χ4v) is 7.89. The van der Waals surface area contributed by atoms with Crippen LogP contribution in [0.2, 0.25) is 0 Å². The molecule has 0 atom stereocenters. The van der Waals surface area contributed by atoms with Crippen molar-refractivity contribution in [3.8, 4) is 5.69 Å². The molecule has 0 amide bonds. The van der Waals surface area contributed by atoms with Crippen molar-refractivity contribution in [1.29, 1.82) is 0 Å². The maximum absolute atomic E-state index is 14.3. The number of benzene rings is 5. The van der Waals surface area contributed by atoms with Crippen LogP contribution in [-0.2, 0) is 20.9 Å². The molecule has 2 heterocycles. The molecular weight excluding hydrogens is 561 g/mol. The molecule has 0 bridgehead atoms. The maximum atomic E-state index is 14.3. The van der Waals surface area contributed by atoms with E-state index in [0.717, 1.165) is 33.1 Å². The number of rotatable bonds is 3. The van der Waals surface area contributed by atoms with Crippen molar-refractivity contribution in [1.82, 2.24) is 8.54 Å². The van der Waals surface area contributed by atoms with Crippen LogP contribution >= 0.6 is 0 Å². The number of aryl methyl sites for hydroxylation is 1. The lowest BCUT2D eigenvalue weighted by Gasteiger charge is -2.19. The summed E-state index contributed by atoms with van der Waals surface area (Å²) in [6, 6.07) is 34.6. The summed E-state index contributed by atoms with van der Waals surface area (Å²) in [4.78, 5) is 0.275. The number of aromatic nitrogens is 2. The molecule has 0 N–H and O–H groups in total. The van der Waals surface area contributed by atoms with Gasteiger partial charge in [0.15, 0.2) is 0 Å². The van der Waals surface area contributed by atoms with Gasteiger partial charge in [0.05, 0.1) is 27.0 Å². The first-order chi connectivity index (χ1) is 20.7. The molecule has 4 nitrogen and oxygen atoms in total. The molecule has 0 unspecified atom stereocenters. The summed E-state index contributed by atoms with van der Waals surface area (Å²) < 4.78 is 32.4. The first-order valence-electron chi connectivity index (χ1n) is 15.2. The number of hydrogen-bond donors (Lipinski definition) is 0.